The highest BCUT2D eigenvalue weighted by molar-refractivity contribution is 6.48. The highest BCUT2D eigenvalue weighted by atomic mass is 16.5. The van der Waals surface area contributed by atoms with Gasteiger partial charge >= 0.3 is 5.97 Å². The zero-order valence-electron chi connectivity index (χ0n) is 14.1. The molecule has 10 heteroatoms. The topological polar surface area (TPSA) is 141 Å². The van der Waals surface area contributed by atoms with E-state index < -0.39 is 17.6 Å². The van der Waals surface area contributed by atoms with E-state index in [1.807, 2.05) is 0 Å². The zero-order valence-corrected chi connectivity index (χ0v) is 14.1. The predicted molar refractivity (Wildman–Crippen MR) is 92.8 cm³/mol. The summed E-state index contributed by atoms with van der Waals surface area (Å²) in [7, 11) is 1.53. The lowest BCUT2D eigenvalue weighted by Crippen LogP contribution is -2.22. The van der Waals surface area contributed by atoms with Crippen LogP contribution in [0.3, 0.4) is 0 Å². The number of nitrogens with zero attached hydrogens (tertiary/aromatic N) is 3. The van der Waals surface area contributed by atoms with E-state index in [1.54, 1.807) is 37.3 Å². The molecule has 1 heterocycles. The van der Waals surface area contributed by atoms with Gasteiger partial charge in [0.25, 0.3) is 5.91 Å². The van der Waals surface area contributed by atoms with Crippen LogP contribution in [0.5, 0.6) is 5.75 Å². The van der Waals surface area contributed by atoms with Crippen molar-refractivity contribution >= 4 is 29.1 Å². The summed E-state index contributed by atoms with van der Waals surface area (Å²) >= 11 is 0. The third-order valence-electron chi connectivity index (χ3n) is 3.06. The molecular weight excluding hydrogens is 340 g/mol. The molecule has 1 amide bonds. The first-order chi connectivity index (χ1) is 12.6. The van der Waals surface area contributed by atoms with Crippen LogP contribution in [0.2, 0.25) is 0 Å². The van der Waals surface area contributed by atoms with E-state index in [0.717, 1.165) is 0 Å². The smallest absolute Gasteiger partial charge is 0.358 e. The van der Waals surface area contributed by atoms with Crippen molar-refractivity contribution in [3.8, 4) is 11.8 Å². The van der Waals surface area contributed by atoms with Crippen LogP contribution >= 0.6 is 0 Å². The van der Waals surface area contributed by atoms with Gasteiger partial charge in [0.15, 0.2) is 11.5 Å². The normalized spacial score (nSPS) is 10.6. The first-order valence-corrected chi connectivity index (χ1v) is 7.48. The highest BCUT2D eigenvalue weighted by Crippen LogP contribution is 2.15. The van der Waals surface area contributed by atoms with Crippen LogP contribution in [0.15, 0.2) is 35.7 Å². The van der Waals surface area contributed by atoms with Crippen LogP contribution in [0.4, 0.5) is 11.5 Å². The van der Waals surface area contributed by atoms with Gasteiger partial charge in [-0.1, -0.05) is 0 Å². The number of carbonyl (C=O) groups excluding carboxylic acids is 2. The van der Waals surface area contributed by atoms with E-state index in [-0.39, 0.29) is 18.1 Å². The molecule has 26 heavy (non-hydrogen) atoms. The van der Waals surface area contributed by atoms with E-state index in [9.17, 15) is 9.59 Å². The number of imidazole rings is 1. The quantitative estimate of drug-likeness (QED) is 0.388. The SMILES string of the molecule is CCOC(=O)c1[nH]cnc1NN=C(C#N)C(=O)Nc1ccc(OC)cc1. The molecular formula is C16H16N6O4. The Kier molecular flexibility index (Phi) is 6.28. The lowest BCUT2D eigenvalue weighted by Gasteiger charge is -2.05. The molecule has 3 N–H and O–H groups in total. The molecule has 0 spiro atoms. The Morgan fingerprint density at radius 2 is 2.08 bits per heavy atom. The van der Waals surface area contributed by atoms with Crippen LogP contribution < -0.4 is 15.5 Å². The Labute approximate surface area is 148 Å². The Hall–Kier alpha value is -3.87. The molecule has 0 saturated carbocycles. The predicted octanol–water partition coefficient (Wildman–Crippen LogP) is 1.53. The molecule has 0 saturated heterocycles. The van der Waals surface area contributed by atoms with E-state index in [0.29, 0.717) is 11.4 Å². The Balaban J connectivity index is 2.08. The number of hydrazone groups is 1. The Morgan fingerprint density at radius 3 is 2.69 bits per heavy atom. The van der Waals surface area contributed by atoms with Gasteiger partial charge in [0.1, 0.15) is 11.8 Å². The summed E-state index contributed by atoms with van der Waals surface area (Å²) in [6.45, 7) is 1.85. The van der Waals surface area contributed by atoms with E-state index in [1.165, 1.54) is 13.4 Å². The summed E-state index contributed by atoms with van der Waals surface area (Å²) in [5.41, 5.74) is 2.46. The minimum atomic E-state index is -0.724. The highest BCUT2D eigenvalue weighted by Gasteiger charge is 2.17. The number of rotatable bonds is 7. The molecule has 0 atom stereocenters. The van der Waals surface area contributed by atoms with Crippen LogP contribution in [0.25, 0.3) is 0 Å². The number of aromatic amines is 1. The number of nitriles is 1. The van der Waals surface area contributed by atoms with Crippen molar-refractivity contribution in [1.82, 2.24) is 9.97 Å². The molecule has 0 aliphatic rings. The molecule has 2 aromatic rings. The molecule has 0 unspecified atom stereocenters. The van der Waals surface area contributed by atoms with Gasteiger partial charge in [0, 0.05) is 5.69 Å². The van der Waals surface area contributed by atoms with Crippen molar-refractivity contribution < 1.29 is 19.1 Å². The number of hydrogen-bond donors (Lipinski definition) is 3. The van der Waals surface area contributed by atoms with Crippen molar-refractivity contribution in [2.45, 2.75) is 6.92 Å². The fraction of sp³-hybridized carbons (Fsp3) is 0.188. The summed E-state index contributed by atoms with van der Waals surface area (Å²) < 4.78 is 9.88. The van der Waals surface area contributed by atoms with Crippen molar-refractivity contribution in [1.29, 1.82) is 5.26 Å². The number of amides is 1. The van der Waals surface area contributed by atoms with E-state index in [2.05, 4.69) is 25.8 Å². The monoisotopic (exact) mass is 356 g/mol. The average Bonchev–Trinajstić information content (AvgIpc) is 3.12. The summed E-state index contributed by atoms with van der Waals surface area (Å²) in [5, 5.41) is 15.3. The van der Waals surface area contributed by atoms with Gasteiger partial charge in [-0.15, -0.1) is 0 Å². The lowest BCUT2D eigenvalue weighted by molar-refractivity contribution is -0.110. The van der Waals surface area contributed by atoms with Crippen molar-refractivity contribution in [2.24, 2.45) is 5.10 Å². The van der Waals surface area contributed by atoms with Crippen LogP contribution in [0.1, 0.15) is 17.4 Å². The number of benzene rings is 1. The third-order valence-corrected chi connectivity index (χ3v) is 3.06. The standard InChI is InChI=1S/C16H16N6O4/c1-3-26-16(24)13-14(19-9-18-13)22-21-12(8-17)15(23)20-10-4-6-11(25-2)7-5-10/h4-7,9,22H,3H2,1-2H3,(H,18,19)(H,20,23). The van der Waals surface area contributed by atoms with Crippen molar-refractivity contribution in [3.63, 3.8) is 0 Å². The summed E-state index contributed by atoms with van der Waals surface area (Å²) in [5.74, 6) is -0.695. The van der Waals surface area contributed by atoms with Gasteiger partial charge in [-0.05, 0) is 31.2 Å². The fourth-order valence-electron chi connectivity index (χ4n) is 1.84. The van der Waals surface area contributed by atoms with Crippen LogP contribution in [-0.4, -0.2) is 41.3 Å². The molecule has 1 aromatic heterocycles. The Morgan fingerprint density at radius 1 is 1.35 bits per heavy atom. The number of methoxy groups -OCH3 is 1. The lowest BCUT2D eigenvalue weighted by atomic mass is 10.3. The maximum absolute atomic E-state index is 12.1. The van der Waals surface area contributed by atoms with Gasteiger partial charge in [-0.3, -0.25) is 10.2 Å². The van der Waals surface area contributed by atoms with E-state index >= 15 is 0 Å². The van der Waals surface area contributed by atoms with Crippen LogP contribution in [0, 0.1) is 11.3 Å². The molecule has 1 aromatic carbocycles. The minimum Gasteiger partial charge on any atom is -0.497 e. The largest absolute Gasteiger partial charge is 0.497 e. The zero-order chi connectivity index (χ0) is 18.9. The average molecular weight is 356 g/mol. The molecule has 10 nitrogen and oxygen atoms in total. The number of anilines is 2. The minimum absolute atomic E-state index is 0.0310. The molecule has 0 radical (unpaired) electrons. The fourth-order valence-corrected chi connectivity index (χ4v) is 1.84. The van der Waals surface area contributed by atoms with Gasteiger partial charge < -0.3 is 19.8 Å². The number of carbonyl (C=O) groups is 2. The second-order valence-electron chi connectivity index (χ2n) is 4.71. The summed E-state index contributed by atoms with van der Waals surface area (Å²) in [4.78, 5) is 30.3. The van der Waals surface area contributed by atoms with Gasteiger partial charge in [0.05, 0.1) is 20.0 Å². The molecule has 0 aliphatic carbocycles. The first-order valence-electron chi connectivity index (χ1n) is 7.48. The van der Waals surface area contributed by atoms with Gasteiger partial charge in [-0.25, -0.2) is 9.78 Å². The maximum Gasteiger partial charge on any atom is 0.358 e. The second kappa shape index (κ2) is 8.84. The number of hydrogen-bond acceptors (Lipinski definition) is 8. The number of aromatic nitrogens is 2. The third kappa shape index (κ3) is 4.57. The number of esters is 1. The molecule has 2 rings (SSSR count). The summed E-state index contributed by atoms with van der Waals surface area (Å²) in [6.07, 6.45) is 1.26. The summed E-state index contributed by atoms with van der Waals surface area (Å²) in [6, 6.07) is 8.23. The number of nitrogens with one attached hydrogen (secondary N) is 3. The maximum atomic E-state index is 12.1. The number of ether oxygens (including phenoxy) is 2. The molecule has 0 bridgehead atoms. The van der Waals surface area contributed by atoms with E-state index in [4.69, 9.17) is 14.7 Å². The first kappa shape index (κ1) is 18.5. The molecule has 0 fully saturated rings. The molecule has 134 valence electrons. The van der Waals surface area contributed by atoms with Gasteiger partial charge in [0.2, 0.25) is 5.71 Å². The second-order valence-corrected chi connectivity index (χ2v) is 4.71. The van der Waals surface area contributed by atoms with Crippen molar-refractivity contribution in [2.75, 3.05) is 24.5 Å². The Bertz CT molecular complexity index is 850. The van der Waals surface area contributed by atoms with Crippen molar-refractivity contribution in [3.05, 3.63) is 36.3 Å². The van der Waals surface area contributed by atoms with Gasteiger partial charge in [-0.2, -0.15) is 10.4 Å². The number of H-pyrrole nitrogens is 1. The van der Waals surface area contributed by atoms with Crippen LogP contribution in [-0.2, 0) is 9.53 Å². The molecule has 0 aliphatic heterocycles.